The van der Waals surface area contributed by atoms with E-state index in [9.17, 15) is 14.0 Å². The van der Waals surface area contributed by atoms with E-state index >= 15 is 0 Å². The maximum Gasteiger partial charge on any atom is 0.258 e. The van der Waals surface area contributed by atoms with E-state index in [1.807, 2.05) is 51.8 Å². The lowest BCUT2D eigenvalue weighted by Crippen LogP contribution is -2.39. The van der Waals surface area contributed by atoms with Crippen LogP contribution in [-0.2, 0) is 24.4 Å². The molecule has 0 unspecified atom stereocenters. The summed E-state index contributed by atoms with van der Waals surface area (Å²) in [5.74, 6) is -0.479. The van der Waals surface area contributed by atoms with Gasteiger partial charge in [0, 0.05) is 70.2 Å². The van der Waals surface area contributed by atoms with Crippen LogP contribution in [-0.4, -0.2) is 57.3 Å². The van der Waals surface area contributed by atoms with Gasteiger partial charge >= 0.3 is 0 Å². The number of aryl methyl sites for hydroxylation is 2. The van der Waals surface area contributed by atoms with Crippen molar-refractivity contribution in [3.05, 3.63) is 120 Å². The number of rotatable bonds is 6. The topological polar surface area (TPSA) is 61.7 Å². The van der Waals surface area contributed by atoms with Crippen LogP contribution in [0, 0.1) is 12.7 Å². The molecule has 0 fully saturated rings. The van der Waals surface area contributed by atoms with Gasteiger partial charge in [0.2, 0.25) is 5.91 Å². The Balaban J connectivity index is 1.46. The molecule has 7 nitrogen and oxygen atoms in total. The Morgan fingerprint density at radius 3 is 2.38 bits per heavy atom. The van der Waals surface area contributed by atoms with Crippen LogP contribution in [0.25, 0.3) is 0 Å². The van der Waals surface area contributed by atoms with Crippen LogP contribution in [0.4, 0.5) is 10.1 Å². The number of halogens is 1. The average Bonchev–Trinajstić information content (AvgIpc) is 3.52. The second-order valence-corrected chi connectivity index (χ2v) is 10.9. The highest BCUT2D eigenvalue weighted by Gasteiger charge is 2.25. The van der Waals surface area contributed by atoms with Crippen LogP contribution in [0.5, 0.6) is 0 Å². The van der Waals surface area contributed by atoms with E-state index in [2.05, 4.69) is 34.1 Å². The predicted octanol–water partition coefficient (Wildman–Crippen LogP) is 5.69. The molecule has 4 aromatic rings. The Labute approximate surface area is 247 Å². The van der Waals surface area contributed by atoms with Gasteiger partial charge in [0.15, 0.2) is 0 Å². The van der Waals surface area contributed by atoms with Gasteiger partial charge in [-0.1, -0.05) is 48.5 Å². The second kappa shape index (κ2) is 14.0. The predicted molar refractivity (Wildman–Crippen MR) is 162 cm³/mol. The summed E-state index contributed by atoms with van der Waals surface area (Å²) < 4.78 is 15.6. The Kier molecular flexibility index (Phi) is 9.77. The number of aromatic nitrogens is 2. The summed E-state index contributed by atoms with van der Waals surface area (Å²) in [5.41, 5.74) is 4.40. The maximum absolute atomic E-state index is 14.0. The van der Waals surface area contributed by atoms with E-state index in [4.69, 9.17) is 0 Å². The van der Waals surface area contributed by atoms with Crippen LogP contribution in [0.15, 0.2) is 91.5 Å². The minimum absolute atomic E-state index is 0.0687. The smallest absolute Gasteiger partial charge is 0.258 e. The molecule has 0 saturated heterocycles. The second-order valence-electron chi connectivity index (χ2n) is 10.9. The number of amides is 2. The highest BCUT2D eigenvalue weighted by atomic mass is 19.1. The first-order valence-corrected chi connectivity index (χ1v) is 14.6. The number of hydrogen-bond acceptors (Lipinski definition) is 4. The van der Waals surface area contributed by atoms with Gasteiger partial charge in [0.05, 0.1) is 12.0 Å². The molecule has 3 aromatic carbocycles. The highest BCUT2D eigenvalue weighted by molar-refractivity contribution is 6.07. The standard InChI is InChI=1S/C34H38FN5O2/c1-27-8-5-11-30-25-39(32(41)16-22-38-23-17-36-26-38)20-6-18-37(24-28-9-3-2-4-10-28)19-7-21-40(33(27)30)34(42)29-12-14-31(35)15-13-29/h2-5,8-15,17,23,26H,6-7,16,18-22,24-25H2,1H3. The molecule has 1 aliphatic rings. The fraction of sp³-hybridized carbons (Fsp3) is 0.324. The summed E-state index contributed by atoms with van der Waals surface area (Å²) in [6.07, 6.45) is 7.30. The first kappa shape index (κ1) is 29.2. The minimum Gasteiger partial charge on any atom is -0.338 e. The largest absolute Gasteiger partial charge is 0.338 e. The molecule has 1 aromatic heterocycles. The van der Waals surface area contributed by atoms with Crippen LogP contribution in [0.2, 0.25) is 0 Å². The van der Waals surface area contributed by atoms with Crippen molar-refractivity contribution in [1.29, 1.82) is 0 Å². The molecule has 0 bridgehead atoms. The van der Waals surface area contributed by atoms with E-state index in [0.717, 1.165) is 49.3 Å². The summed E-state index contributed by atoms with van der Waals surface area (Å²) in [7, 11) is 0. The minimum atomic E-state index is -0.377. The van der Waals surface area contributed by atoms with Crippen molar-refractivity contribution < 1.29 is 14.0 Å². The molecule has 1 aliphatic heterocycles. The van der Waals surface area contributed by atoms with Gasteiger partial charge in [-0.05, 0) is 60.7 Å². The van der Waals surface area contributed by atoms with Gasteiger partial charge < -0.3 is 14.4 Å². The summed E-state index contributed by atoms with van der Waals surface area (Å²) in [6, 6.07) is 22.1. The Bertz CT molecular complexity index is 1460. The Hall–Kier alpha value is -4.30. The molecule has 0 aliphatic carbocycles. The zero-order valence-corrected chi connectivity index (χ0v) is 24.2. The summed E-state index contributed by atoms with van der Waals surface area (Å²) in [6.45, 7) is 6.54. The molecular formula is C34H38FN5O2. The van der Waals surface area contributed by atoms with Crippen molar-refractivity contribution in [3.8, 4) is 0 Å². The average molecular weight is 568 g/mol. The van der Waals surface area contributed by atoms with Gasteiger partial charge in [0.1, 0.15) is 5.82 Å². The molecule has 0 radical (unpaired) electrons. The summed E-state index contributed by atoms with van der Waals surface area (Å²) in [5, 5.41) is 0. The fourth-order valence-corrected chi connectivity index (χ4v) is 5.65. The van der Waals surface area contributed by atoms with Gasteiger partial charge in [-0.15, -0.1) is 0 Å². The molecule has 218 valence electrons. The number of para-hydroxylation sites is 1. The first-order valence-electron chi connectivity index (χ1n) is 14.6. The molecular weight excluding hydrogens is 529 g/mol. The summed E-state index contributed by atoms with van der Waals surface area (Å²) >= 11 is 0. The number of hydrogen-bond donors (Lipinski definition) is 0. The molecule has 2 amide bonds. The quantitative estimate of drug-likeness (QED) is 0.300. The zero-order valence-electron chi connectivity index (χ0n) is 24.2. The molecule has 2 heterocycles. The van der Waals surface area contributed by atoms with Crippen molar-refractivity contribution in [3.63, 3.8) is 0 Å². The van der Waals surface area contributed by atoms with E-state index in [0.29, 0.717) is 38.2 Å². The van der Waals surface area contributed by atoms with Crippen molar-refractivity contribution in [2.75, 3.05) is 31.1 Å². The van der Waals surface area contributed by atoms with Gasteiger partial charge in [-0.2, -0.15) is 0 Å². The lowest BCUT2D eigenvalue weighted by atomic mass is 10.0. The lowest BCUT2D eigenvalue weighted by molar-refractivity contribution is -0.132. The number of benzene rings is 3. The molecule has 5 rings (SSSR count). The number of nitrogens with zero attached hydrogens (tertiary/aromatic N) is 5. The SMILES string of the molecule is Cc1cccc2c1N(C(=O)c1ccc(F)cc1)CCCN(Cc1ccccc1)CCCN(C(=O)CCn1ccnc1)C2. The normalized spacial score (nSPS) is 15.0. The van der Waals surface area contributed by atoms with Gasteiger partial charge in [-0.25, -0.2) is 9.37 Å². The Morgan fingerprint density at radius 2 is 1.64 bits per heavy atom. The monoisotopic (exact) mass is 567 g/mol. The van der Waals surface area contributed by atoms with Crippen LogP contribution in [0.3, 0.4) is 0 Å². The van der Waals surface area contributed by atoms with Crippen molar-refractivity contribution in [2.45, 2.75) is 45.8 Å². The number of carbonyl (C=O) groups is 2. The van der Waals surface area contributed by atoms with Crippen LogP contribution in [0.1, 0.15) is 46.3 Å². The molecule has 42 heavy (non-hydrogen) atoms. The van der Waals surface area contributed by atoms with E-state index in [-0.39, 0.29) is 17.6 Å². The Morgan fingerprint density at radius 1 is 0.881 bits per heavy atom. The van der Waals surface area contributed by atoms with E-state index < -0.39 is 0 Å². The van der Waals surface area contributed by atoms with Crippen molar-refractivity contribution in [2.24, 2.45) is 0 Å². The molecule has 8 heteroatoms. The van der Waals surface area contributed by atoms with Gasteiger partial charge in [-0.3, -0.25) is 14.5 Å². The van der Waals surface area contributed by atoms with E-state index in [1.54, 1.807) is 24.7 Å². The van der Waals surface area contributed by atoms with Crippen LogP contribution >= 0.6 is 0 Å². The van der Waals surface area contributed by atoms with E-state index in [1.165, 1.54) is 17.7 Å². The van der Waals surface area contributed by atoms with Crippen LogP contribution < -0.4 is 4.90 Å². The number of carbonyl (C=O) groups excluding carboxylic acids is 2. The molecule has 0 N–H and O–H groups in total. The van der Waals surface area contributed by atoms with Gasteiger partial charge in [0.25, 0.3) is 5.91 Å². The third-order valence-corrected chi connectivity index (χ3v) is 7.79. The number of imidazole rings is 1. The zero-order chi connectivity index (χ0) is 29.3. The first-order chi connectivity index (χ1) is 20.5. The molecule has 0 spiro atoms. The summed E-state index contributed by atoms with van der Waals surface area (Å²) in [4.78, 5) is 37.8. The number of anilines is 1. The number of fused-ring (bicyclic) bond motifs is 1. The third kappa shape index (κ3) is 7.50. The maximum atomic E-state index is 14.0. The van der Waals surface area contributed by atoms with Crippen molar-refractivity contribution in [1.82, 2.24) is 19.4 Å². The third-order valence-electron chi connectivity index (χ3n) is 7.79. The highest BCUT2D eigenvalue weighted by Crippen LogP contribution is 2.29. The lowest BCUT2D eigenvalue weighted by Gasteiger charge is -2.32. The molecule has 0 saturated carbocycles. The van der Waals surface area contributed by atoms with Crippen molar-refractivity contribution >= 4 is 17.5 Å². The molecule has 0 atom stereocenters. The fourth-order valence-electron chi connectivity index (χ4n) is 5.65.